The van der Waals surface area contributed by atoms with E-state index in [0.29, 0.717) is 11.4 Å². The second-order valence-electron chi connectivity index (χ2n) is 3.66. The van der Waals surface area contributed by atoms with Gasteiger partial charge in [0, 0.05) is 23.3 Å². The van der Waals surface area contributed by atoms with Gasteiger partial charge in [0.15, 0.2) is 0 Å². The minimum atomic E-state index is -0.224. The van der Waals surface area contributed by atoms with E-state index in [1.165, 1.54) is 12.1 Å². The van der Waals surface area contributed by atoms with Gasteiger partial charge in [-0.2, -0.15) is 0 Å². The largest absolute Gasteiger partial charge is 0.261 e. The Kier molecular flexibility index (Phi) is 3.20. The maximum absolute atomic E-state index is 12.7. The molecule has 1 aromatic carbocycles. The van der Waals surface area contributed by atoms with Gasteiger partial charge in [-0.25, -0.2) is 4.39 Å². The Labute approximate surface area is 98.9 Å². The van der Waals surface area contributed by atoms with Gasteiger partial charge in [0.25, 0.3) is 0 Å². The minimum Gasteiger partial charge on any atom is -0.261 e. The zero-order valence-corrected chi connectivity index (χ0v) is 9.63. The van der Waals surface area contributed by atoms with Crippen molar-refractivity contribution in [3.63, 3.8) is 0 Å². The van der Waals surface area contributed by atoms with Crippen LogP contribution in [-0.2, 0) is 6.42 Å². The molecule has 0 amide bonds. The standard InChI is InChI=1S/C13H11ClFN/c1-9-12(13(14)6-7-16-9)8-10-2-4-11(15)5-3-10/h2-7H,8H2,1H3. The molecule has 0 aliphatic heterocycles. The Morgan fingerprint density at radius 2 is 1.88 bits per heavy atom. The quantitative estimate of drug-likeness (QED) is 0.772. The third-order valence-corrected chi connectivity index (χ3v) is 2.86. The molecule has 1 heterocycles. The van der Waals surface area contributed by atoms with Crippen LogP contribution in [0.2, 0.25) is 5.02 Å². The lowest BCUT2D eigenvalue weighted by Gasteiger charge is -2.07. The monoisotopic (exact) mass is 235 g/mol. The lowest BCUT2D eigenvalue weighted by Crippen LogP contribution is -1.95. The summed E-state index contributed by atoms with van der Waals surface area (Å²) in [5.74, 6) is -0.224. The molecule has 1 nitrogen and oxygen atoms in total. The van der Waals surface area contributed by atoms with Crippen LogP contribution >= 0.6 is 11.6 Å². The smallest absolute Gasteiger partial charge is 0.123 e. The highest BCUT2D eigenvalue weighted by Gasteiger charge is 2.05. The van der Waals surface area contributed by atoms with Gasteiger partial charge in [-0.05, 0) is 36.2 Å². The number of pyridine rings is 1. The van der Waals surface area contributed by atoms with Crippen molar-refractivity contribution in [1.82, 2.24) is 4.98 Å². The van der Waals surface area contributed by atoms with E-state index < -0.39 is 0 Å². The molecule has 2 aromatic rings. The Bertz CT molecular complexity index is 474. The molecule has 0 saturated carbocycles. The van der Waals surface area contributed by atoms with Crippen molar-refractivity contribution >= 4 is 11.6 Å². The fraction of sp³-hybridized carbons (Fsp3) is 0.154. The first-order valence-corrected chi connectivity index (χ1v) is 5.39. The summed E-state index contributed by atoms with van der Waals surface area (Å²) >= 11 is 6.10. The van der Waals surface area contributed by atoms with Crippen molar-refractivity contribution in [2.45, 2.75) is 13.3 Å². The Morgan fingerprint density at radius 1 is 1.19 bits per heavy atom. The SMILES string of the molecule is Cc1nccc(Cl)c1Cc1ccc(F)cc1. The lowest BCUT2D eigenvalue weighted by molar-refractivity contribution is 0.627. The number of aryl methyl sites for hydroxylation is 1. The molecule has 0 aliphatic carbocycles. The van der Waals surface area contributed by atoms with Gasteiger partial charge in [0.1, 0.15) is 5.82 Å². The van der Waals surface area contributed by atoms with Crippen LogP contribution in [0.1, 0.15) is 16.8 Å². The number of rotatable bonds is 2. The zero-order chi connectivity index (χ0) is 11.5. The summed E-state index contributed by atoms with van der Waals surface area (Å²) in [6.45, 7) is 1.92. The summed E-state index contributed by atoms with van der Waals surface area (Å²) in [6.07, 6.45) is 2.37. The van der Waals surface area contributed by atoms with Crippen molar-refractivity contribution in [1.29, 1.82) is 0 Å². The molecule has 16 heavy (non-hydrogen) atoms. The van der Waals surface area contributed by atoms with E-state index in [1.54, 1.807) is 24.4 Å². The van der Waals surface area contributed by atoms with E-state index in [4.69, 9.17) is 11.6 Å². The summed E-state index contributed by atoms with van der Waals surface area (Å²) in [5.41, 5.74) is 2.94. The average molecular weight is 236 g/mol. The number of benzene rings is 1. The normalized spacial score (nSPS) is 10.4. The van der Waals surface area contributed by atoms with Crippen LogP contribution in [0, 0.1) is 12.7 Å². The maximum Gasteiger partial charge on any atom is 0.123 e. The maximum atomic E-state index is 12.7. The van der Waals surface area contributed by atoms with Crippen LogP contribution in [0.25, 0.3) is 0 Å². The minimum absolute atomic E-state index is 0.224. The Morgan fingerprint density at radius 3 is 2.50 bits per heavy atom. The molecule has 3 heteroatoms. The van der Waals surface area contributed by atoms with Crippen molar-refractivity contribution in [3.05, 3.63) is 64.2 Å². The summed E-state index contributed by atoms with van der Waals surface area (Å²) < 4.78 is 12.7. The summed E-state index contributed by atoms with van der Waals surface area (Å²) in [5, 5.41) is 0.705. The van der Waals surface area contributed by atoms with Crippen LogP contribution in [0.15, 0.2) is 36.5 Å². The molecule has 0 spiro atoms. The number of nitrogens with zero attached hydrogens (tertiary/aromatic N) is 1. The van der Waals surface area contributed by atoms with Crippen LogP contribution in [0.4, 0.5) is 4.39 Å². The first-order chi connectivity index (χ1) is 7.66. The molecule has 0 fully saturated rings. The van der Waals surface area contributed by atoms with Crippen molar-refractivity contribution in [3.8, 4) is 0 Å². The zero-order valence-electron chi connectivity index (χ0n) is 8.87. The van der Waals surface area contributed by atoms with Crippen molar-refractivity contribution < 1.29 is 4.39 Å². The van der Waals surface area contributed by atoms with Crippen LogP contribution in [0.3, 0.4) is 0 Å². The first-order valence-electron chi connectivity index (χ1n) is 5.01. The third-order valence-electron chi connectivity index (χ3n) is 2.51. The number of aromatic nitrogens is 1. The number of halogens is 2. The highest BCUT2D eigenvalue weighted by Crippen LogP contribution is 2.21. The van der Waals surface area contributed by atoms with E-state index in [9.17, 15) is 4.39 Å². The average Bonchev–Trinajstić information content (AvgIpc) is 2.26. The Hall–Kier alpha value is -1.41. The van der Waals surface area contributed by atoms with E-state index in [2.05, 4.69) is 4.98 Å². The van der Waals surface area contributed by atoms with Gasteiger partial charge < -0.3 is 0 Å². The predicted molar refractivity (Wildman–Crippen MR) is 63.2 cm³/mol. The summed E-state index contributed by atoms with van der Waals surface area (Å²) in [6, 6.07) is 8.20. The number of hydrogen-bond donors (Lipinski definition) is 0. The molecule has 2 rings (SSSR count). The molecular weight excluding hydrogens is 225 g/mol. The van der Waals surface area contributed by atoms with E-state index in [1.807, 2.05) is 6.92 Å². The predicted octanol–water partition coefficient (Wildman–Crippen LogP) is 3.77. The first kappa shape index (κ1) is 11.1. The Balaban J connectivity index is 2.30. The fourth-order valence-corrected chi connectivity index (χ4v) is 1.84. The van der Waals surface area contributed by atoms with Gasteiger partial charge >= 0.3 is 0 Å². The molecule has 0 atom stereocenters. The van der Waals surface area contributed by atoms with Gasteiger partial charge in [-0.3, -0.25) is 4.98 Å². The molecule has 0 N–H and O–H groups in total. The van der Waals surface area contributed by atoms with E-state index >= 15 is 0 Å². The highest BCUT2D eigenvalue weighted by molar-refractivity contribution is 6.31. The second kappa shape index (κ2) is 4.62. The van der Waals surface area contributed by atoms with Gasteiger partial charge in [0.05, 0.1) is 0 Å². The fourth-order valence-electron chi connectivity index (χ4n) is 1.58. The molecular formula is C13H11ClFN. The molecule has 0 bridgehead atoms. The van der Waals surface area contributed by atoms with Crippen LogP contribution in [0.5, 0.6) is 0 Å². The lowest BCUT2D eigenvalue weighted by atomic mass is 10.0. The van der Waals surface area contributed by atoms with Crippen LogP contribution in [-0.4, -0.2) is 4.98 Å². The second-order valence-corrected chi connectivity index (χ2v) is 4.07. The molecule has 0 saturated heterocycles. The highest BCUT2D eigenvalue weighted by atomic mass is 35.5. The third kappa shape index (κ3) is 2.39. The topological polar surface area (TPSA) is 12.9 Å². The summed E-state index contributed by atoms with van der Waals surface area (Å²) in [4.78, 5) is 4.20. The van der Waals surface area contributed by atoms with Gasteiger partial charge in [0.2, 0.25) is 0 Å². The van der Waals surface area contributed by atoms with Gasteiger partial charge in [-0.15, -0.1) is 0 Å². The molecule has 0 radical (unpaired) electrons. The van der Waals surface area contributed by atoms with Gasteiger partial charge in [-0.1, -0.05) is 23.7 Å². The van der Waals surface area contributed by atoms with E-state index in [0.717, 1.165) is 16.8 Å². The summed E-state index contributed by atoms with van der Waals surface area (Å²) in [7, 11) is 0. The molecule has 82 valence electrons. The van der Waals surface area contributed by atoms with Crippen LogP contribution < -0.4 is 0 Å². The van der Waals surface area contributed by atoms with Crippen molar-refractivity contribution in [2.24, 2.45) is 0 Å². The molecule has 0 aliphatic rings. The van der Waals surface area contributed by atoms with Crippen molar-refractivity contribution in [2.75, 3.05) is 0 Å². The number of hydrogen-bond acceptors (Lipinski definition) is 1. The molecule has 0 unspecified atom stereocenters. The molecule has 1 aromatic heterocycles. The van der Waals surface area contributed by atoms with E-state index in [-0.39, 0.29) is 5.82 Å².